The molecule has 7 nitrogen and oxygen atoms in total. The molecule has 27 heavy (non-hydrogen) atoms. The number of benzene rings is 1. The fraction of sp³-hybridized carbons (Fsp3) is 0.474. The second kappa shape index (κ2) is 8.75. The molecule has 1 aromatic heterocycles. The molecule has 0 saturated heterocycles. The van der Waals surface area contributed by atoms with E-state index < -0.39 is 5.82 Å². The molecule has 0 bridgehead atoms. The van der Waals surface area contributed by atoms with Crippen molar-refractivity contribution < 1.29 is 18.5 Å². The molecule has 0 aliphatic heterocycles. The molecule has 1 aliphatic rings. The number of halogens is 1. The fourth-order valence-corrected chi connectivity index (χ4v) is 3.18. The zero-order valence-corrected chi connectivity index (χ0v) is 15.3. The van der Waals surface area contributed by atoms with Gasteiger partial charge in [-0.1, -0.05) is 24.4 Å². The first-order valence-corrected chi connectivity index (χ1v) is 9.21. The van der Waals surface area contributed by atoms with E-state index in [0.29, 0.717) is 23.8 Å². The van der Waals surface area contributed by atoms with E-state index in [4.69, 9.17) is 4.52 Å². The number of carbonyl (C=O) groups excluding carboxylic acids is 2. The fourth-order valence-electron chi connectivity index (χ4n) is 3.18. The third-order valence-corrected chi connectivity index (χ3v) is 4.62. The topological polar surface area (TPSA) is 97.1 Å². The molecule has 1 heterocycles. The van der Waals surface area contributed by atoms with E-state index >= 15 is 0 Å². The van der Waals surface area contributed by atoms with Crippen LogP contribution < -0.4 is 10.6 Å². The smallest absolute Gasteiger partial charge is 0.227 e. The van der Waals surface area contributed by atoms with Crippen molar-refractivity contribution in [3.8, 4) is 0 Å². The number of nitrogens with zero attached hydrogens (tertiary/aromatic N) is 2. The van der Waals surface area contributed by atoms with Crippen molar-refractivity contribution in [3.05, 3.63) is 35.7 Å². The standard InChI is InChI=1S/C19H23FN4O3/c1-12-21-18(27-24-12)10-9-17(25)22-14-7-8-15(20)16(11-14)23-19(26)13-5-3-2-4-6-13/h7-8,11,13H,2-6,9-10H2,1H3,(H,22,25)(H,23,26). The van der Waals surface area contributed by atoms with Gasteiger partial charge < -0.3 is 15.2 Å². The van der Waals surface area contributed by atoms with Crippen molar-refractivity contribution in [3.63, 3.8) is 0 Å². The Bertz CT molecular complexity index is 815. The van der Waals surface area contributed by atoms with Crippen LogP contribution in [0.5, 0.6) is 0 Å². The van der Waals surface area contributed by atoms with Crippen LogP contribution in [-0.4, -0.2) is 22.0 Å². The molecule has 144 valence electrons. The molecule has 1 saturated carbocycles. The predicted octanol–water partition coefficient (Wildman–Crippen LogP) is 3.61. The SMILES string of the molecule is Cc1noc(CCC(=O)Nc2ccc(F)c(NC(=O)C3CCCCC3)c2)n1. The highest BCUT2D eigenvalue weighted by molar-refractivity contribution is 5.95. The van der Waals surface area contributed by atoms with Gasteiger partial charge in [0.1, 0.15) is 5.82 Å². The maximum absolute atomic E-state index is 14.1. The molecular weight excluding hydrogens is 351 g/mol. The van der Waals surface area contributed by atoms with Crippen molar-refractivity contribution >= 4 is 23.2 Å². The average molecular weight is 374 g/mol. The first-order valence-electron chi connectivity index (χ1n) is 9.21. The van der Waals surface area contributed by atoms with Crippen LogP contribution in [0, 0.1) is 18.7 Å². The van der Waals surface area contributed by atoms with Crippen LogP contribution in [0.15, 0.2) is 22.7 Å². The Morgan fingerprint density at radius 3 is 2.70 bits per heavy atom. The molecule has 2 amide bonds. The van der Waals surface area contributed by atoms with Crippen LogP contribution in [0.3, 0.4) is 0 Å². The number of rotatable bonds is 6. The van der Waals surface area contributed by atoms with E-state index in [0.717, 1.165) is 32.1 Å². The molecule has 0 unspecified atom stereocenters. The summed E-state index contributed by atoms with van der Waals surface area (Å²) in [7, 11) is 0. The summed E-state index contributed by atoms with van der Waals surface area (Å²) in [4.78, 5) is 28.4. The van der Waals surface area contributed by atoms with E-state index in [-0.39, 0.29) is 29.8 Å². The van der Waals surface area contributed by atoms with E-state index in [1.54, 1.807) is 6.92 Å². The van der Waals surface area contributed by atoms with Crippen molar-refractivity contribution in [2.45, 2.75) is 51.9 Å². The van der Waals surface area contributed by atoms with Crippen molar-refractivity contribution in [2.75, 3.05) is 10.6 Å². The predicted molar refractivity (Wildman–Crippen MR) is 97.6 cm³/mol. The van der Waals surface area contributed by atoms with Gasteiger partial charge in [0.15, 0.2) is 5.82 Å². The normalized spacial score (nSPS) is 14.7. The molecule has 0 spiro atoms. The Balaban J connectivity index is 1.57. The molecule has 1 fully saturated rings. The maximum Gasteiger partial charge on any atom is 0.227 e. The lowest BCUT2D eigenvalue weighted by Crippen LogP contribution is -2.25. The number of carbonyl (C=O) groups is 2. The molecule has 3 rings (SSSR count). The van der Waals surface area contributed by atoms with Gasteiger partial charge in [0.25, 0.3) is 0 Å². The van der Waals surface area contributed by atoms with Crippen LogP contribution >= 0.6 is 0 Å². The number of nitrogens with one attached hydrogen (secondary N) is 2. The first-order chi connectivity index (χ1) is 13.0. The number of hydrogen-bond donors (Lipinski definition) is 2. The van der Waals surface area contributed by atoms with Gasteiger partial charge in [-0.05, 0) is 38.0 Å². The van der Waals surface area contributed by atoms with Gasteiger partial charge in [-0.2, -0.15) is 4.98 Å². The monoisotopic (exact) mass is 374 g/mol. The van der Waals surface area contributed by atoms with E-state index in [1.165, 1.54) is 18.2 Å². The van der Waals surface area contributed by atoms with Crippen LogP contribution in [0.25, 0.3) is 0 Å². The van der Waals surface area contributed by atoms with Gasteiger partial charge >= 0.3 is 0 Å². The summed E-state index contributed by atoms with van der Waals surface area (Å²) in [6.45, 7) is 1.70. The van der Waals surface area contributed by atoms with Gasteiger partial charge in [-0.15, -0.1) is 0 Å². The van der Waals surface area contributed by atoms with Crippen LogP contribution in [-0.2, 0) is 16.0 Å². The van der Waals surface area contributed by atoms with Gasteiger partial charge in [0.2, 0.25) is 17.7 Å². The van der Waals surface area contributed by atoms with Crippen LogP contribution in [0.4, 0.5) is 15.8 Å². The largest absolute Gasteiger partial charge is 0.339 e. The minimum atomic E-state index is -0.529. The van der Waals surface area contributed by atoms with Gasteiger partial charge in [0.05, 0.1) is 5.69 Å². The lowest BCUT2D eigenvalue weighted by Gasteiger charge is -2.21. The van der Waals surface area contributed by atoms with Crippen molar-refractivity contribution in [1.29, 1.82) is 0 Å². The van der Waals surface area contributed by atoms with Crippen LogP contribution in [0.2, 0.25) is 0 Å². The van der Waals surface area contributed by atoms with E-state index in [1.807, 2.05) is 0 Å². The molecule has 0 atom stereocenters. The molecule has 1 aromatic carbocycles. The molecule has 0 radical (unpaired) electrons. The summed E-state index contributed by atoms with van der Waals surface area (Å²) in [5.74, 6) is -0.122. The Morgan fingerprint density at radius 1 is 1.22 bits per heavy atom. The number of amides is 2. The number of anilines is 2. The minimum absolute atomic E-state index is 0.0748. The lowest BCUT2D eigenvalue weighted by molar-refractivity contribution is -0.120. The quantitative estimate of drug-likeness (QED) is 0.805. The van der Waals surface area contributed by atoms with Gasteiger partial charge in [-0.3, -0.25) is 9.59 Å². The molecule has 2 aromatic rings. The summed E-state index contributed by atoms with van der Waals surface area (Å²) in [5, 5.41) is 9.01. The first kappa shape index (κ1) is 19.0. The van der Waals surface area contributed by atoms with E-state index in [2.05, 4.69) is 20.8 Å². The zero-order valence-electron chi connectivity index (χ0n) is 15.3. The molecular formula is C19H23FN4O3. The van der Waals surface area contributed by atoms with Crippen LogP contribution in [0.1, 0.15) is 50.2 Å². The summed E-state index contributed by atoms with van der Waals surface area (Å²) in [5.41, 5.74) is 0.498. The second-order valence-corrected chi connectivity index (χ2v) is 6.80. The number of aryl methyl sites for hydroxylation is 2. The Labute approximate surface area is 156 Å². The Hall–Kier alpha value is -2.77. The molecule has 1 aliphatic carbocycles. The Kier molecular flexibility index (Phi) is 6.16. The molecule has 8 heteroatoms. The van der Waals surface area contributed by atoms with Crippen molar-refractivity contribution in [2.24, 2.45) is 5.92 Å². The molecule has 2 N–H and O–H groups in total. The summed E-state index contributed by atoms with van der Waals surface area (Å²) >= 11 is 0. The lowest BCUT2D eigenvalue weighted by atomic mass is 9.88. The summed E-state index contributed by atoms with van der Waals surface area (Å²) in [6, 6.07) is 4.12. The third-order valence-electron chi connectivity index (χ3n) is 4.62. The zero-order chi connectivity index (χ0) is 19.2. The minimum Gasteiger partial charge on any atom is -0.339 e. The Morgan fingerprint density at radius 2 is 2.00 bits per heavy atom. The number of aromatic nitrogens is 2. The van der Waals surface area contributed by atoms with Gasteiger partial charge in [0, 0.05) is 24.4 Å². The third kappa shape index (κ3) is 5.35. The summed E-state index contributed by atoms with van der Waals surface area (Å²) in [6.07, 6.45) is 5.33. The highest BCUT2D eigenvalue weighted by Crippen LogP contribution is 2.26. The summed E-state index contributed by atoms with van der Waals surface area (Å²) < 4.78 is 19.0. The van der Waals surface area contributed by atoms with Gasteiger partial charge in [-0.25, -0.2) is 4.39 Å². The van der Waals surface area contributed by atoms with E-state index in [9.17, 15) is 14.0 Å². The highest BCUT2D eigenvalue weighted by Gasteiger charge is 2.22. The second-order valence-electron chi connectivity index (χ2n) is 6.80. The number of hydrogen-bond acceptors (Lipinski definition) is 5. The highest BCUT2D eigenvalue weighted by atomic mass is 19.1. The maximum atomic E-state index is 14.1. The van der Waals surface area contributed by atoms with Crippen molar-refractivity contribution in [1.82, 2.24) is 10.1 Å². The average Bonchev–Trinajstić information content (AvgIpc) is 3.09.